The summed E-state index contributed by atoms with van der Waals surface area (Å²) in [5.41, 5.74) is 8.73. The van der Waals surface area contributed by atoms with Gasteiger partial charge in [0.1, 0.15) is 6.04 Å². The second kappa shape index (κ2) is 18.8. The van der Waals surface area contributed by atoms with Crippen LogP contribution in [0.3, 0.4) is 0 Å². The highest BCUT2D eigenvalue weighted by atomic mass is 16.5. The second-order valence-electron chi connectivity index (χ2n) is 24.7. The van der Waals surface area contributed by atoms with Gasteiger partial charge in [-0.3, -0.25) is 19.4 Å². The number of esters is 1. The Hall–Kier alpha value is -4.30. The van der Waals surface area contributed by atoms with Crippen molar-refractivity contribution in [3.05, 3.63) is 59.1 Å². The van der Waals surface area contributed by atoms with Crippen LogP contribution in [0.15, 0.2) is 58.5 Å². The highest BCUT2D eigenvalue weighted by Crippen LogP contribution is 2.72. The molecule has 22 atom stereocenters. The van der Waals surface area contributed by atoms with E-state index in [1.807, 2.05) is 25.4 Å². The number of carbonyl (C=O) groups is 3. The quantitative estimate of drug-likeness (QED) is 0.0556. The number of hydrogen-bond acceptors (Lipinski definition) is 12. The van der Waals surface area contributed by atoms with Crippen LogP contribution in [0.5, 0.6) is 0 Å². The Morgan fingerprint density at radius 1 is 1.03 bits per heavy atom. The zero-order valence-corrected chi connectivity index (χ0v) is 42.7. The number of ketones is 2. The molecule has 10 rings (SSSR count). The number of rotatable bonds is 9. The normalized spacial score (nSPS) is 46.7. The van der Waals surface area contributed by atoms with E-state index >= 15 is 4.79 Å². The number of H-pyrrole nitrogens is 1. The third-order valence-electron chi connectivity index (χ3n) is 20.9. The third kappa shape index (κ3) is 7.98. The Morgan fingerprint density at radius 2 is 1.81 bits per heavy atom. The van der Waals surface area contributed by atoms with Crippen molar-refractivity contribution in [3.63, 3.8) is 0 Å². The van der Waals surface area contributed by atoms with Crippen LogP contribution in [-0.2, 0) is 19.1 Å². The number of carbonyl (C=O) groups excluding carboxylic acids is 3. The molecule has 5 fully saturated rings. The van der Waals surface area contributed by atoms with Crippen molar-refractivity contribution in [1.29, 1.82) is 0 Å². The maximum Gasteiger partial charge on any atom is 0.313 e. The van der Waals surface area contributed by atoms with Gasteiger partial charge in [0, 0.05) is 54.4 Å². The Bertz CT molecular complexity index is 2490. The molecule has 8 aliphatic carbocycles. The van der Waals surface area contributed by atoms with Crippen molar-refractivity contribution in [3.8, 4) is 11.8 Å². The van der Waals surface area contributed by atoms with Gasteiger partial charge in [-0.15, -0.1) is 5.92 Å². The molecule has 9 aliphatic rings. The van der Waals surface area contributed by atoms with Crippen LogP contribution in [0.4, 0.5) is 0 Å². The van der Waals surface area contributed by atoms with E-state index in [0.29, 0.717) is 30.3 Å². The SMILES string of the molecule is CC(=O)C(CO)NC1=C2C(CCC3(CCN=C(N)N)C4C(CC#CC(C5COC(=O)C5c5cc[nH]c5)C5C=CC6C=C7CCC(C)CC7C5C6C(C)CC(O)C4(C)O)CC23O)C2(C)CC(O)C(O)CC2C1=O. The van der Waals surface area contributed by atoms with Gasteiger partial charge in [0.15, 0.2) is 17.5 Å². The van der Waals surface area contributed by atoms with Gasteiger partial charge < -0.3 is 57.1 Å². The molecule has 1 aliphatic heterocycles. The summed E-state index contributed by atoms with van der Waals surface area (Å²) in [5, 5.41) is 77.0. The summed E-state index contributed by atoms with van der Waals surface area (Å²) in [5.74, 6) is 3.41. The number of aliphatic hydroxyl groups excluding tert-OH is 4. The smallest absolute Gasteiger partial charge is 0.313 e. The van der Waals surface area contributed by atoms with Crippen LogP contribution in [-0.4, -0.2) is 114 Å². The first-order chi connectivity index (χ1) is 34.2. The summed E-state index contributed by atoms with van der Waals surface area (Å²) in [4.78, 5) is 49.9. The van der Waals surface area contributed by atoms with Gasteiger partial charge >= 0.3 is 5.97 Å². The fourth-order valence-corrected chi connectivity index (χ4v) is 17.7. The summed E-state index contributed by atoms with van der Waals surface area (Å²) < 4.78 is 5.98. The largest absolute Gasteiger partial charge is 0.465 e. The fraction of sp³-hybridized carbons (Fsp3) is 0.719. The van der Waals surface area contributed by atoms with E-state index in [9.17, 15) is 40.2 Å². The number of ether oxygens (including phenoxy) is 1. The monoisotopic (exact) mass is 994 g/mol. The van der Waals surface area contributed by atoms with E-state index in [-0.39, 0.29) is 111 Å². The number of nitrogens with two attached hydrogens (primary N) is 2. The molecular weight excluding hydrogens is 915 g/mol. The lowest BCUT2D eigenvalue weighted by Crippen LogP contribution is -2.66. The number of aliphatic hydroxyl groups is 6. The predicted octanol–water partition coefficient (Wildman–Crippen LogP) is 3.79. The standard InChI is InChI=1S/C57H79N5O10/c1-28-9-10-31-21-32-11-12-36-35(38-27-72-52(69)46(38)34-14-17-60-25-34)8-6-7-33-23-57(71)48-39(54(4)24-43(66)42(65)22-40(54)50(68)49(48)62-41(26-63)30(3)64)13-15-56(57,16-18-61-53(58)59)51(33)55(5,70)44(67)20-29(2)45(32)47(36)37(31)19-28/h11-12,14,17,21,25,28-29,32-33,35-47,51,60,62-63,65-67,70-71H,7,9-10,13,15-16,18-20,22-24,26-27H2,1-5H3,(H4,58,59,61). The van der Waals surface area contributed by atoms with Gasteiger partial charge in [0.25, 0.3) is 0 Å². The van der Waals surface area contributed by atoms with E-state index in [1.165, 1.54) is 12.5 Å². The van der Waals surface area contributed by atoms with E-state index in [1.54, 1.807) is 6.92 Å². The lowest BCUT2D eigenvalue weighted by molar-refractivity contribution is -0.190. The Labute approximate surface area is 423 Å². The predicted molar refractivity (Wildman–Crippen MR) is 269 cm³/mol. The minimum absolute atomic E-state index is 0.0121. The van der Waals surface area contributed by atoms with E-state index < -0.39 is 94.1 Å². The number of allylic oxidation sites excluding steroid dienone is 5. The fourth-order valence-electron chi connectivity index (χ4n) is 17.7. The highest BCUT2D eigenvalue weighted by Gasteiger charge is 2.74. The number of nitrogens with one attached hydrogen (secondary N) is 2. The molecule has 392 valence electrons. The molecule has 0 aromatic carbocycles. The minimum Gasteiger partial charge on any atom is -0.465 e. The molecular formula is C57H79N5O10. The van der Waals surface area contributed by atoms with E-state index in [0.717, 1.165) is 24.8 Å². The van der Waals surface area contributed by atoms with Gasteiger partial charge in [0.05, 0.1) is 54.3 Å². The van der Waals surface area contributed by atoms with Crippen molar-refractivity contribution in [2.75, 3.05) is 19.8 Å². The molecule has 12 N–H and O–H groups in total. The molecule has 1 aromatic rings. The summed E-state index contributed by atoms with van der Waals surface area (Å²) in [6, 6.07) is 0.752. The highest BCUT2D eigenvalue weighted by molar-refractivity contribution is 6.00. The number of aromatic amines is 1. The average molecular weight is 994 g/mol. The summed E-state index contributed by atoms with van der Waals surface area (Å²) in [7, 11) is 0. The number of fused-ring (bicyclic) bond motifs is 8. The molecule has 0 spiro atoms. The molecule has 72 heavy (non-hydrogen) atoms. The number of Topliss-reactive ketones (excluding diaryl/α,β-unsaturated/α-hetero) is 2. The lowest BCUT2D eigenvalue weighted by Gasteiger charge is -2.62. The summed E-state index contributed by atoms with van der Waals surface area (Å²) in [6.07, 6.45) is 11.9. The molecule has 15 heteroatoms. The van der Waals surface area contributed by atoms with Crippen LogP contribution < -0.4 is 16.8 Å². The van der Waals surface area contributed by atoms with Crippen molar-refractivity contribution in [2.24, 2.45) is 104 Å². The first kappa shape index (κ1) is 51.2. The molecule has 1 aromatic heterocycles. The number of hydrogen-bond donors (Lipinski definition) is 10. The topological polar surface area (TPSA) is 274 Å². The van der Waals surface area contributed by atoms with Crippen molar-refractivity contribution in [2.45, 2.75) is 147 Å². The van der Waals surface area contributed by atoms with Crippen LogP contribution in [0, 0.1) is 99.6 Å². The maximum absolute atomic E-state index is 15.3. The van der Waals surface area contributed by atoms with Crippen LogP contribution in [0.2, 0.25) is 0 Å². The summed E-state index contributed by atoms with van der Waals surface area (Å²) >= 11 is 0. The molecule has 15 nitrogen and oxygen atoms in total. The molecule has 4 bridgehead atoms. The Morgan fingerprint density at radius 3 is 2.51 bits per heavy atom. The molecule has 22 unspecified atom stereocenters. The first-order valence-corrected chi connectivity index (χ1v) is 27.0. The molecule has 2 heterocycles. The number of aromatic nitrogens is 1. The molecule has 0 radical (unpaired) electrons. The lowest BCUT2D eigenvalue weighted by atomic mass is 9.44. The van der Waals surface area contributed by atoms with Gasteiger partial charge in [0.2, 0.25) is 0 Å². The second-order valence-corrected chi connectivity index (χ2v) is 24.7. The zero-order valence-electron chi connectivity index (χ0n) is 42.7. The number of guanidine groups is 1. The van der Waals surface area contributed by atoms with Crippen LogP contribution in [0.25, 0.3) is 0 Å². The number of aliphatic imine (C=N–C) groups is 1. The van der Waals surface area contributed by atoms with Gasteiger partial charge in [-0.25, -0.2) is 0 Å². The third-order valence-corrected chi connectivity index (χ3v) is 20.9. The van der Waals surface area contributed by atoms with E-state index in [2.05, 4.69) is 59.2 Å². The molecule has 0 amide bonds. The van der Waals surface area contributed by atoms with Crippen molar-refractivity contribution in [1.82, 2.24) is 10.3 Å². The van der Waals surface area contributed by atoms with E-state index in [4.69, 9.17) is 16.2 Å². The molecule has 4 saturated carbocycles. The van der Waals surface area contributed by atoms with Crippen LogP contribution in [0.1, 0.15) is 117 Å². The van der Waals surface area contributed by atoms with Crippen molar-refractivity contribution >= 4 is 23.5 Å². The number of cyclic esters (lactones) is 1. The van der Waals surface area contributed by atoms with Gasteiger partial charge in [-0.05, 0) is 154 Å². The Kier molecular flexibility index (Phi) is 13.4. The Balaban J connectivity index is 1.17. The summed E-state index contributed by atoms with van der Waals surface area (Å²) in [6.45, 7) is 9.14. The average Bonchev–Trinajstić information content (AvgIpc) is 4.05. The van der Waals surface area contributed by atoms with Gasteiger partial charge in [-0.1, -0.05) is 50.5 Å². The van der Waals surface area contributed by atoms with Gasteiger partial charge in [-0.2, -0.15) is 0 Å². The first-order valence-electron chi connectivity index (χ1n) is 27.0. The van der Waals surface area contributed by atoms with Crippen molar-refractivity contribution < 1.29 is 49.8 Å². The zero-order chi connectivity index (χ0) is 51.4. The maximum atomic E-state index is 15.3. The number of nitrogens with zero attached hydrogens (tertiary/aromatic N) is 1. The molecule has 1 saturated heterocycles. The minimum atomic E-state index is -1.90. The van der Waals surface area contributed by atoms with Crippen LogP contribution >= 0.6 is 0 Å².